The molecule has 0 bridgehead atoms. The summed E-state index contributed by atoms with van der Waals surface area (Å²) in [7, 11) is 1.65. The Morgan fingerprint density at radius 2 is 1.85 bits per heavy atom. The fourth-order valence-corrected chi connectivity index (χ4v) is 2.32. The van der Waals surface area contributed by atoms with Gasteiger partial charge in [0.1, 0.15) is 13.2 Å². The second-order valence-corrected chi connectivity index (χ2v) is 5.12. The van der Waals surface area contributed by atoms with Crippen LogP contribution in [0, 0.1) is 5.92 Å². The summed E-state index contributed by atoms with van der Waals surface area (Å²) in [5.41, 5.74) is 0. The topological polar surface area (TPSA) is 95.9 Å². The molecule has 0 aliphatic heterocycles. The first-order valence-electron chi connectivity index (χ1n) is 6.83. The number of ether oxygens (including phenoxy) is 1. The van der Waals surface area contributed by atoms with Crippen molar-refractivity contribution < 1.29 is 24.2 Å². The third-order valence-electron chi connectivity index (χ3n) is 3.31. The van der Waals surface area contributed by atoms with Crippen LogP contribution in [0.4, 0.5) is 4.79 Å². The zero-order chi connectivity index (χ0) is 15.0. The lowest BCUT2D eigenvalue weighted by atomic mass is 9.89. The summed E-state index contributed by atoms with van der Waals surface area (Å²) in [6, 6.07) is -0.473. The number of aliphatic carboxylic acids is 1. The van der Waals surface area contributed by atoms with Gasteiger partial charge in [-0.3, -0.25) is 10.1 Å². The summed E-state index contributed by atoms with van der Waals surface area (Å²) in [4.78, 5) is 34.8. The molecule has 0 aromatic heterocycles. The number of carbonyl (C=O) groups excluding carboxylic acids is 2. The van der Waals surface area contributed by atoms with E-state index in [2.05, 4.69) is 10.1 Å². The van der Waals surface area contributed by atoms with Crippen LogP contribution in [-0.4, -0.2) is 54.7 Å². The molecule has 1 rings (SSSR count). The van der Waals surface area contributed by atoms with Crippen LogP contribution >= 0.6 is 0 Å². The molecule has 20 heavy (non-hydrogen) atoms. The van der Waals surface area contributed by atoms with Gasteiger partial charge in [-0.15, -0.1) is 0 Å². The number of nitrogens with one attached hydrogen (secondary N) is 1. The van der Waals surface area contributed by atoms with E-state index in [4.69, 9.17) is 5.11 Å². The number of carbonyl (C=O) groups is 3. The molecule has 3 amide bonds. The van der Waals surface area contributed by atoms with Crippen LogP contribution < -0.4 is 5.32 Å². The van der Waals surface area contributed by atoms with Gasteiger partial charge in [-0.2, -0.15) is 0 Å². The number of amides is 3. The molecule has 114 valence electrons. The predicted octanol–water partition coefficient (Wildman–Crippen LogP) is 0.836. The number of hydrogen-bond acceptors (Lipinski definition) is 4. The van der Waals surface area contributed by atoms with E-state index in [0.29, 0.717) is 12.5 Å². The summed E-state index contributed by atoms with van der Waals surface area (Å²) in [6.45, 7) is -0.357. The van der Waals surface area contributed by atoms with Gasteiger partial charge in [0.25, 0.3) is 5.91 Å². The van der Waals surface area contributed by atoms with Crippen LogP contribution in [0.5, 0.6) is 0 Å². The lowest BCUT2D eigenvalue weighted by Gasteiger charge is -2.26. The summed E-state index contributed by atoms with van der Waals surface area (Å²) in [6.07, 6.45) is 5.89. The van der Waals surface area contributed by atoms with E-state index in [1.807, 2.05) is 0 Å². The lowest BCUT2D eigenvalue weighted by Crippen LogP contribution is -2.44. The average molecular weight is 286 g/mol. The zero-order valence-corrected chi connectivity index (χ0v) is 11.8. The van der Waals surface area contributed by atoms with E-state index < -0.39 is 31.1 Å². The Labute approximate surface area is 118 Å². The first-order chi connectivity index (χ1) is 9.49. The minimum atomic E-state index is -1.15. The summed E-state index contributed by atoms with van der Waals surface area (Å²) in [5.74, 6) is -1.29. The van der Waals surface area contributed by atoms with Crippen molar-refractivity contribution in [3.05, 3.63) is 0 Å². The molecule has 0 spiro atoms. The summed E-state index contributed by atoms with van der Waals surface area (Å²) in [5, 5.41) is 10.5. The van der Waals surface area contributed by atoms with E-state index in [1.54, 1.807) is 7.05 Å². The molecule has 0 aromatic carbocycles. The Morgan fingerprint density at radius 3 is 2.45 bits per heavy atom. The second kappa shape index (κ2) is 8.52. The number of rotatable bonds is 6. The SMILES string of the molecule is CN(CC1CCCCC1)C(=O)NC(=O)COCC(=O)O. The molecule has 0 atom stereocenters. The number of hydrogen-bond donors (Lipinski definition) is 2. The van der Waals surface area contributed by atoms with Crippen molar-refractivity contribution in [3.63, 3.8) is 0 Å². The Bertz CT molecular complexity index is 353. The number of nitrogens with zero attached hydrogens (tertiary/aromatic N) is 1. The minimum Gasteiger partial charge on any atom is -0.480 e. The van der Waals surface area contributed by atoms with Crippen molar-refractivity contribution in [3.8, 4) is 0 Å². The highest BCUT2D eigenvalue weighted by Gasteiger charge is 2.19. The molecule has 1 saturated carbocycles. The highest BCUT2D eigenvalue weighted by atomic mass is 16.5. The molecule has 0 saturated heterocycles. The van der Waals surface area contributed by atoms with Gasteiger partial charge in [0.15, 0.2) is 0 Å². The number of carboxylic acids is 1. The van der Waals surface area contributed by atoms with Crippen molar-refractivity contribution in [2.75, 3.05) is 26.8 Å². The quantitative estimate of drug-likeness (QED) is 0.754. The minimum absolute atomic E-state index is 0.435. The molecular formula is C13H22N2O5. The lowest BCUT2D eigenvalue weighted by molar-refractivity contribution is -0.143. The van der Waals surface area contributed by atoms with Crippen molar-refractivity contribution >= 4 is 17.9 Å². The van der Waals surface area contributed by atoms with Crippen LogP contribution in [0.15, 0.2) is 0 Å². The molecule has 1 aliphatic rings. The van der Waals surface area contributed by atoms with E-state index in [9.17, 15) is 14.4 Å². The van der Waals surface area contributed by atoms with Crippen LogP contribution in [0.1, 0.15) is 32.1 Å². The normalized spacial score (nSPS) is 15.7. The summed E-state index contributed by atoms with van der Waals surface area (Å²) < 4.78 is 4.61. The molecule has 0 unspecified atom stereocenters. The zero-order valence-electron chi connectivity index (χ0n) is 11.8. The largest absolute Gasteiger partial charge is 0.480 e. The van der Waals surface area contributed by atoms with E-state index in [1.165, 1.54) is 24.2 Å². The fraction of sp³-hybridized carbons (Fsp3) is 0.769. The van der Waals surface area contributed by atoms with Gasteiger partial charge in [-0.1, -0.05) is 19.3 Å². The van der Waals surface area contributed by atoms with Crippen LogP contribution in [-0.2, 0) is 14.3 Å². The van der Waals surface area contributed by atoms with Crippen molar-refractivity contribution in [1.82, 2.24) is 10.2 Å². The highest BCUT2D eigenvalue weighted by molar-refractivity contribution is 5.94. The third-order valence-corrected chi connectivity index (χ3v) is 3.31. The molecule has 7 heteroatoms. The van der Waals surface area contributed by atoms with E-state index in [-0.39, 0.29) is 0 Å². The first-order valence-corrected chi connectivity index (χ1v) is 6.83. The van der Waals surface area contributed by atoms with Crippen LogP contribution in [0.25, 0.3) is 0 Å². The fourth-order valence-electron chi connectivity index (χ4n) is 2.32. The maximum absolute atomic E-state index is 11.7. The van der Waals surface area contributed by atoms with Crippen molar-refractivity contribution in [2.24, 2.45) is 5.92 Å². The molecule has 0 radical (unpaired) electrons. The Hall–Kier alpha value is -1.63. The monoisotopic (exact) mass is 286 g/mol. The predicted molar refractivity (Wildman–Crippen MR) is 71.2 cm³/mol. The van der Waals surface area contributed by atoms with Gasteiger partial charge in [-0.05, 0) is 18.8 Å². The highest BCUT2D eigenvalue weighted by Crippen LogP contribution is 2.23. The standard InChI is InChI=1S/C13H22N2O5/c1-15(7-10-5-3-2-4-6-10)13(19)14-11(16)8-20-9-12(17)18/h10H,2-9H2,1H3,(H,17,18)(H,14,16,19). The van der Waals surface area contributed by atoms with Crippen LogP contribution in [0.3, 0.4) is 0 Å². The molecule has 2 N–H and O–H groups in total. The molecular weight excluding hydrogens is 264 g/mol. The van der Waals surface area contributed by atoms with Crippen molar-refractivity contribution in [1.29, 1.82) is 0 Å². The number of urea groups is 1. The molecule has 0 heterocycles. The van der Waals surface area contributed by atoms with E-state index >= 15 is 0 Å². The Balaban J connectivity index is 2.22. The van der Waals surface area contributed by atoms with Crippen LogP contribution in [0.2, 0.25) is 0 Å². The molecule has 1 aliphatic carbocycles. The Morgan fingerprint density at radius 1 is 1.20 bits per heavy atom. The number of imide groups is 1. The van der Waals surface area contributed by atoms with Gasteiger partial charge in [-0.25, -0.2) is 9.59 Å². The van der Waals surface area contributed by atoms with Gasteiger partial charge in [0.05, 0.1) is 0 Å². The number of carboxylic acid groups (broad SMARTS) is 1. The van der Waals surface area contributed by atoms with Gasteiger partial charge in [0.2, 0.25) is 0 Å². The molecule has 0 aromatic rings. The Kier molecular flexibility index (Phi) is 7.00. The molecule has 7 nitrogen and oxygen atoms in total. The van der Waals surface area contributed by atoms with Gasteiger partial charge < -0.3 is 14.7 Å². The first kappa shape index (κ1) is 16.4. The van der Waals surface area contributed by atoms with Crippen molar-refractivity contribution in [2.45, 2.75) is 32.1 Å². The second-order valence-electron chi connectivity index (χ2n) is 5.12. The smallest absolute Gasteiger partial charge is 0.329 e. The third kappa shape index (κ3) is 6.51. The maximum Gasteiger partial charge on any atom is 0.329 e. The van der Waals surface area contributed by atoms with E-state index in [0.717, 1.165) is 12.8 Å². The van der Waals surface area contributed by atoms with Gasteiger partial charge >= 0.3 is 12.0 Å². The molecule has 1 fully saturated rings. The maximum atomic E-state index is 11.7. The van der Waals surface area contributed by atoms with Gasteiger partial charge in [0, 0.05) is 13.6 Å². The summed E-state index contributed by atoms with van der Waals surface area (Å²) >= 11 is 0. The average Bonchev–Trinajstić information content (AvgIpc) is 2.39.